The number of nitriles is 2. The molecule has 37 heavy (non-hydrogen) atoms. The number of likely N-dealkylation sites (tertiary alicyclic amines) is 1. The van der Waals surface area contributed by atoms with Gasteiger partial charge in [-0.2, -0.15) is 10.5 Å². The Bertz CT molecular complexity index is 1110. The summed E-state index contributed by atoms with van der Waals surface area (Å²) in [5, 5.41) is 19.6. The minimum absolute atomic E-state index is 0.225. The molecule has 0 amide bonds. The third kappa shape index (κ3) is 6.32. The normalized spacial score (nSPS) is 19.2. The molecule has 0 radical (unpaired) electrons. The number of nitrogens with zero attached hydrogens (tertiary/aromatic N) is 4. The molecule has 6 heteroatoms. The lowest BCUT2D eigenvalue weighted by molar-refractivity contribution is -0.147. The van der Waals surface area contributed by atoms with Crippen LogP contribution in [0.5, 0.6) is 0 Å². The average molecular weight is 499 g/mol. The Labute approximate surface area is 221 Å². The van der Waals surface area contributed by atoms with Crippen LogP contribution in [0.15, 0.2) is 54.6 Å². The summed E-state index contributed by atoms with van der Waals surface area (Å²) in [6.45, 7) is 8.68. The fourth-order valence-electron chi connectivity index (χ4n) is 6.19. The van der Waals surface area contributed by atoms with Gasteiger partial charge in [0.2, 0.25) is 0 Å². The molecule has 0 saturated carbocycles. The summed E-state index contributed by atoms with van der Waals surface area (Å²) >= 11 is 0. The van der Waals surface area contributed by atoms with Crippen LogP contribution in [-0.4, -0.2) is 49.7 Å². The summed E-state index contributed by atoms with van der Waals surface area (Å²) in [7, 11) is 0. The number of carbonyl (C=O) groups excluding carboxylic acids is 1. The highest BCUT2D eigenvalue weighted by Gasteiger charge is 2.44. The van der Waals surface area contributed by atoms with E-state index < -0.39 is 5.41 Å². The van der Waals surface area contributed by atoms with E-state index in [1.807, 2.05) is 42.5 Å². The second kappa shape index (κ2) is 12.3. The summed E-state index contributed by atoms with van der Waals surface area (Å²) in [5.41, 5.74) is 2.26. The molecule has 2 atom stereocenters. The number of ether oxygens (including phenoxy) is 1. The maximum absolute atomic E-state index is 11.8. The maximum Gasteiger partial charge on any atom is 0.302 e. The molecule has 0 aliphatic carbocycles. The van der Waals surface area contributed by atoms with Crippen molar-refractivity contribution in [2.45, 2.75) is 57.5 Å². The van der Waals surface area contributed by atoms with E-state index in [0.717, 1.165) is 64.0 Å². The van der Waals surface area contributed by atoms with Crippen LogP contribution >= 0.6 is 0 Å². The molecule has 2 unspecified atom stereocenters. The smallest absolute Gasteiger partial charge is 0.302 e. The third-order valence-corrected chi connectivity index (χ3v) is 8.10. The predicted octanol–water partition coefficient (Wildman–Crippen LogP) is 5.29. The number of hydrogen-bond acceptors (Lipinski definition) is 6. The number of esters is 1. The Balaban J connectivity index is 1.38. The lowest BCUT2D eigenvalue weighted by Gasteiger charge is -2.46. The SMILES string of the molecule is CCCC(CC(C#N)(c1ccccc1)C1CCN(CC2CN(c3ccc(C#N)cc3)C2)CC1)OC(C)=O. The van der Waals surface area contributed by atoms with Crippen molar-refractivity contribution in [3.05, 3.63) is 65.7 Å². The van der Waals surface area contributed by atoms with Gasteiger partial charge in [-0.3, -0.25) is 4.79 Å². The molecule has 194 valence electrons. The summed E-state index contributed by atoms with van der Waals surface area (Å²) in [6.07, 6.45) is 3.91. The number of rotatable bonds is 10. The standard InChI is InChI=1S/C31H38N4O2/c1-3-7-30(37-24(2)36)18-31(23-33,27-8-5-4-6-9-27)28-14-16-34(17-15-28)20-26-21-35(22-26)29-12-10-25(19-32)11-13-29/h4-6,8-13,26,28,30H,3,7,14-18,20-22H2,1-2H3. The van der Waals surface area contributed by atoms with E-state index >= 15 is 0 Å². The molecule has 2 fully saturated rings. The van der Waals surface area contributed by atoms with Crippen molar-refractivity contribution in [1.82, 2.24) is 4.90 Å². The minimum atomic E-state index is -0.661. The van der Waals surface area contributed by atoms with Crippen LogP contribution in [0, 0.1) is 34.5 Å². The highest BCUT2D eigenvalue weighted by Crippen LogP contribution is 2.43. The third-order valence-electron chi connectivity index (χ3n) is 8.10. The van der Waals surface area contributed by atoms with Gasteiger partial charge in [-0.15, -0.1) is 0 Å². The molecule has 2 heterocycles. The van der Waals surface area contributed by atoms with Gasteiger partial charge in [0.1, 0.15) is 6.10 Å². The highest BCUT2D eigenvalue weighted by atomic mass is 16.5. The van der Waals surface area contributed by atoms with Crippen molar-refractivity contribution in [3.8, 4) is 12.1 Å². The molecule has 2 aromatic rings. The lowest BCUT2D eigenvalue weighted by atomic mass is 9.64. The van der Waals surface area contributed by atoms with Crippen molar-refractivity contribution in [1.29, 1.82) is 10.5 Å². The molecule has 2 aliphatic rings. The van der Waals surface area contributed by atoms with Crippen LogP contribution in [0.2, 0.25) is 0 Å². The number of piperidine rings is 1. The monoisotopic (exact) mass is 498 g/mol. The fraction of sp³-hybridized carbons (Fsp3) is 0.516. The zero-order chi connectivity index (χ0) is 26.3. The van der Waals surface area contributed by atoms with Crippen LogP contribution in [0.4, 0.5) is 5.69 Å². The van der Waals surface area contributed by atoms with Crippen molar-refractivity contribution in [2.75, 3.05) is 37.6 Å². The first-order valence-corrected chi connectivity index (χ1v) is 13.6. The van der Waals surface area contributed by atoms with Gasteiger partial charge in [0, 0.05) is 44.6 Å². The van der Waals surface area contributed by atoms with E-state index in [1.165, 1.54) is 12.6 Å². The topological polar surface area (TPSA) is 80.4 Å². The van der Waals surface area contributed by atoms with Crippen LogP contribution in [-0.2, 0) is 14.9 Å². The number of benzene rings is 2. The van der Waals surface area contributed by atoms with Crippen molar-refractivity contribution in [2.24, 2.45) is 11.8 Å². The molecule has 2 aromatic carbocycles. The Morgan fingerprint density at radius 1 is 1.08 bits per heavy atom. The molecule has 2 saturated heterocycles. The zero-order valence-corrected chi connectivity index (χ0v) is 22.1. The van der Waals surface area contributed by atoms with Crippen molar-refractivity contribution < 1.29 is 9.53 Å². The van der Waals surface area contributed by atoms with Crippen LogP contribution in [0.25, 0.3) is 0 Å². The summed E-state index contributed by atoms with van der Waals surface area (Å²) in [6, 6.07) is 22.9. The second-order valence-electron chi connectivity index (χ2n) is 10.7. The Morgan fingerprint density at radius 3 is 2.32 bits per heavy atom. The van der Waals surface area contributed by atoms with E-state index in [9.17, 15) is 10.1 Å². The van der Waals surface area contributed by atoms with Gasteiger partial charge in [0.05, 0.1) is 23.1 Å². The van der Waals surface area contributed by atoms with Crippen LogP contribution in [0.1, 0.15) is 57.1 Å². The summed E-state index contributed by atoms with van der Waals surface area (Å²) < 4.78 is 5.69. The molecule has 2 aliphatic heterocycles. The molecule has 0 aromatic heterocycles. The number of anilines is 1. The van der Waals surface area contributed by atoms with Gasteiger partial charge >= 0.3 is 5.97 Å². The number of hydrogen-bond donors (Lipinski definition) is 0. The summed E-state index contributed by atoms with van der Waals surface area (Å²) in [5.74, 6) is 0.589. The molecule has 4 rings (SSSR count). The minimum Gasteiger partial charge on any atom is -0.462 e. The zero-order valence-electron chi connectivity index (χ0n) is 22.1. The van der Waals surface area contributed by atoms with Crippen LogP contribution in [0.3, 0.4) is 0 Å². The summed E-state index contributed by atoms with van der Waals surface area (Å²) in [4.78, 5) is 16.7. The Morgan fingerprint density at radius 2 is 1.76 bits per heavy atom. The first-order valence-electron chi connectivity index (χ1n) is 13.6. The first-order chi connectivity index (χ1) is 18.0. The average Bonchev–Trinajstić information content (AvgIpc) is 2.90. The van der Waals surface area contributed by atoms with Gasteiger partial charge < -0.3 is 14.5 Å². The molecule has 0 bridgehead atoms. The Kier molecular flexibility index (Phi) is 8.85. The van der Waals surface area contributed by atoms with Gasteiger partial charge in [-0.25, -0.2) is 0 Å². The lowest BCUT2D eigenvalue weighted by Crippen LogP contribution is -2.53. The molecule has 0 spiro atoms. The molecule has 0 N–H and O–H groups in total. The largest absolute Gasteiger partial charge is 0.462 e. The first kappa shape index (κ1) is 26.7. The second-order valence-corrected chi connectivity index (χ2v) is 10.7. The predicted molar refractivity (Wildman–Crippen MR) is 145 cm³/mol. The van der Waals surface area contributed by atoms with Gasteiger partial charge in [0.15, 0.2) is 0 Å². The van der Waals surface area contributed by atoms with E-state index in [2.05, 4.69) is 41.0 Å². The maximum atomic E-state index is 11.8. The molecular formula is C31H38N4O2. The van der Waals surface area contributed by atoms with Crippen molar-refractivity contribution >= 4 is 11.7 Å². The van der Waals surface area contributed by atoms with Gasteiger partial charge in [-0.05, 0) is 68.1 Å². The highest BCUT2D eigenvalue weighted by molar-refractivity contribution is 5.66. The number of carbonyl (C=O) groups is 1. The fourth-order valence-corrected chi connectivity index (χ4v) is 6.19. The van der Waals surface area contributed by atoms with Gasteiger partial charge in [-0.1, -0.05) is 43.7 Å². The van der Waals surface area contributed by atoms with E-state index in [4.69, 9.17) is 10.00 Å². The van der Waals surface area contributed by atoms with E-state index in [1.54, 1.807) is 0 Å². The van der Waals surface area contributed by atoms with E-state index in [0.29, 0.717) is 17.9 Å². The van der Waals surface area contributed by atoms with Crippen LogP contribution < -0.4 is 4.90 Å². The Hall–Kier alpha value is -3.35. The molecule has 6 nitrogen and oxygen atoms in total. The molecular weight excluding hydrogens is 460 g/mol. The van der Waals surface area contributed by atoms with Gasteiger partial charge in [0.25, 0.3) is 0 Å². The van der Waals surface area contributed by atoms with Crippen molar-refractivity contribution in [3.63, 3.8) is 0 Å². The quantitative estimate of drug-likeness (QED) is 0.414. The van der Waals surface area contributed by atoms with E-state index in [-0.39, 0.29) is 18.0 Å².